The second-order valence-corrected chi connectivity index (χ2v) is 7.68. The Hall–Kier alpha value is -3.85. The number of amides is 2. The van der Waals surface area contributed by atoms with Crippen LogP contribution in [0, 0.1) is 6.92 Å². The molecule has 8 nitrogen and oxygen atoms in total. The van der Waals surface area contributed by atoms with Crippen LogP contribution in [0.5, 0.6) is 0 Å². The van der Waals surface area contributed by atoms with Crippen LogP contribution < -0.4 is 11.1 Å². The van der Waals surface area contributed by atoms with Gasteiger partial charge in [0.15, 0.2) is 10.9 Å². The van der Waals surface area contributed by atoms with E-state index in [-0.39, 0.29) is 11.7 Å². The van der Waals surface area contributed by atoms with Gasteiger partial charge in [-0.3, -0.25) is 14.2 Å². The summed E-state index contributed by atoms with van der Waals surface area (Å²) < 4.78 is 7.36. The summed E-state index contributed by atoms with van der Waals surface area (Å²) in [5.41, 5.74) is 8.19. The summed E-state index contributed by atoms with van der Waals surface area (Å²) in [6, 6.07) is 17.9. The number of nitrogens with zero attached hydrogens (tertiary/aromatic N) is 3. The molecule has 4 aromatic rings. The molecule has 0 unspecified atom stereocenters. The van der Waals surface area contributed by atoms with Crippen molar-refractivity contribution in [3.05, 3.63) is 78.1 Å². The quantitative estimate of drug-likeness (QED) is 0.430. The Morgan fingerprint density at radius 3 is 2.45 bits per heavy atom. The maximum atomic E-state index is 12.4. The molecule has 3 N–H and O–H groups in total. The van der Waals surface area contributed by atoms with Crippen molar-refractivity contribution in [3.8, 4) is 17.3 Å². The molecule has 0 bridgehead atoms. The van der Waals surface area contributed by atoms with E-state index in [2.05, 4.69) is 15.5 Å². The molecule has 0 spiro atoms. The molecule has 0 saturated carbocycles. The highest BCUT2D eigenvalue weighted by Crippen LogP contribution is 2.28. The number of rotatable bonds is 7. The molecule has 9 heteroatoms. The molecule has 4 rings (SSSR count). The SMILES string of the molecule is Cc1ccc(-n2c(SCC(=O)Nc3ccc(C(N)=O)cc3)nnc2-c2ccco2)cc1. The number of nitrogens with two attached hydrogens (primary N) is 1. The Morgan fingerprint density at radius 2 is 1.81 bits per heavy atom. The third kappa shape index (κ3) is 4.67. The van der Waals surface area contributed by atoms with Crippen molar-refractivity contribution in [3.63, 3.8) is 0 Å². The van der Waals surface area contributed by atoms with Gasteiger partial charge in [-0.15, -0.1) is 10.2 Å². The summed E-state index contributed by atoms with van der Waals surface area (Å²) in [6.07, 6.45) is 1.58. The van der Waals surface area contributed by atoms with Crippen molar-refractivity contribution in [2.75, 3.05) is 11.1 Å². The van der Waals surface area contributed by atoms with Gasteiger partial charge in [0.1, 0.15) is 0 Å². The van der Waals surface area contributed by atoms with E-state index in [1.54, 1.807) is 36.6 Å². The van der Waals surface area contributed by atoms with E-state index < -0.39 is 5.91 Å². The third-order valence-electron chi connectivity index (χ3n) is 4.45. The van der Waals surface area contributed by atoms with Gasteiger partial charge in [-0.25, -0.2) is 0 Å². The molecular formula is C22H19N5O3S. The fraction of sp³-hybridized carbons (Fsp3) is 0.0909. The highest BCUT2D eigenvalue weighted by atomic mass is 32.2. The number of furan rings is 1. The van der Waals surface area contributed by atoms with E-state index in [0.717, 1.165) is 11.3 Å². The van der Waals surface area contributed by atoms with Crippen molar-refractivity contribution in [1.29, 1.82) is 0 Å². The Labute approximate surface area is 182 Å². The molecule has 2 aromatic carbocycles. The predicted molar refractivity (Wildman–Crippen MR) is 118 cm³/mol. The van der Waals surface area contributed by atoms with E-state index in [1.807, 2.05) is 41.8 Å². The van der Waals surface area contributed by atoms with E-state index >= 15 is 0 Å². The zero-order valence-corrected chi connectivity index (χ0v) is 17.4. The lowest BCUT2D eigenvalue weighted by Crippen LogP contribution is -2.15. The van der Waals surface area contributed by atoms with Crippen LogP contribution >= 0.6 is 11.8 Å². The zero-order chi connectivity index (χ0) is 21.8. The first-order valence-electron chi connectivity index (χ1n) is 9.40. The average Bonchev–Trinajstić information content (AvgIpc) is 3.43. The number of nitrogens with one attached hydrogen (secondary N) is 1. The molecule has 2 aromatic heterocycles. The third-order valence-corrected chi connectivity index (χ3v) is 5.38. The minimum atomic E-state index is -0.517. The van der Waals surface area contributed by atoms with E-state index in [4.69, 9.17) is 10.2 Å². The number of anilines is 1. The number of hydrogen-bond acceptors (Lipinski definition) is 6. The number of carbonyl (C=O) groups excluding carboxylic acids is 2. The first kappa shape index (κ1) is 20.4. The topological polar surface area (TPSA) is 116 Å². The molecule has 0 radical (unpaired) electrons. The van der Waals surface area contributed by atoms with Crippen LogP contribution in [0.2, 0.25) is 0 Å². The molecule has 0 aliphatic rings. The van der Waals surface area contributed by atoms with Crippen LogP contribution in [0.3, 0.4) is 0 Å². The van der Waals surface area contributed by atoms with Crippen LogP contribution in [0.25, 0.3) is 17.3 Å². The number of hydrogen-bond donors (Lipinski definition) is 2. The number of carbonyl (C=O) groups is 2. The zero-order valence-electron chi connectivity index (χ0n) is 16.6. The van der Waals surface area contributed by atoms with Gasteiger partial charge in [-0.2, -0.15) is 0 Å². The Kier molecular flexibility index (Phi) is 5.85. The van der Waals surface area contributed by atoms with Gasteiger partial charge in [0, 0.05) is 16.9 Å². The molecule has 0 fully saturated rings. The highest BCUT2D eigenvalue weighted by molar-refractivity contribution is 7.99. The maximum Gasteiger partial charge on any atom is 0.248 e. The minimum absolute atomic E-state index is 0.125. The lowest BCUT2D eigenvalue weighted by Gasteiger charge is -2.10. The Bertz CT molecular complexity index is 1200. The number of aromatic nitrogens is 3. The van der Waals surface area contributed by atoms with Crippen LogP contribution in [0.15, 0.2) is 76.5 Å². The van der Waals surface area contributed by atoms with E-state index in [0.29, 0.717) is 28.0 Å². The fourth-order valence-corrected chi connectivity index (χ4v) is 3.65. The van der Waals surface area contributed by atoms with Gasteiger partial charge in [-0.1, -0.05) is 29.5 Å². The molecule has 2 amide bonds. The van der Waals surface area contributed by atoms with E-state index in [1.165, 1.54) is 11.8 Å². The summed E-state index contributed by atoms with van der Waals surface area (Å²) in [5, 5.41) is 11.9. The second-order valence-electron chi connectivity index (χ2n) is 6.73. The number of benzene rings is 2. The normalized spacial score (nSPS) is 10.7. The summed E-state index contributed by atoms with van der Waals surface area (Å²) in [5.74, 6) is 0.531. The van der Waals surface area contributed by atoms with Gasteiger partial charge in [0.05, 0.1) is 12.0 Å². The Balaban J connectivity index is 1.52. The van der Waals surface area contributed by atoms with Crippen LogP contribution in [0.1, 0.15) is 15.9 Å². The first-order valence-corrected chi connectivity index (χ1v) is 10.4. The molecule has 2 heterocycles. The first-order chi connectivity index (χ1) is 15.0. The number of thioether (sulfide) groups is 1. The smallest absolute Gasteiger partial charge is 0.248 e. The average molecular weight is 433 g/mol. The lowest BCUT2D eigenvalue weighted by atomic mass is 10.2. The fourth-order valence-electron chi connectivity index (χ4n) is 2.90. The second kappa shape index (κ2) is 8.88. The van der Waals surface area contributed by atoms with Crippen molar-refractivity contribution in [1.82, 2.24) is 14.8 Å². The predicted octanol–water partition coefficient (Wildman–Crippen LogP) is 3.67. The van der Waals surface area contributed by atoms with E-state index in [9.17, 15) is 9.59 Å². The number of primary amides is 1. The monoisotopic (exact) mass is 433 g/mol. The standard InChI is InChI=1S/C22H19N5O3S/c1-14-4-10-17(11-5-14)27-21(18-3-2-12-30-18)25-26-22(27)31-13-19(28)24-16-8-6-15(7-9-16)20(23)29/h2-12H,13H2,1H3,(H2,23,29)(H,24,28). The maximum absolute atomic E-state index is 12.4. The van der Waals surface area contributed by atoms with Gasteiger partial charge in [0.25, 0.3) is 0 Å². The molecule has 0 atom stereocenters. The minimum Gasteiger partial charge on any atom is -0.461 e. The Morgan fingerprint density at radius 1 is 1.06 bits per heavy atom. The summed E-state index contributed by atoms with van der Waals surface area (Å²) >= 11 is 1.26. The molecule has 0 saturated heterocycles. The van der Waals surface area contributed by atoms with Crippen molar-refractivity contribution in [2.24, 2.45) is 5.73 Å². The summed E-state index contributed by atoms with van der Waals surface area (Å²) in [7, 11) is 0. The molecule has 31 heavy (non-hydrogen) atoms. The highest BCUT2D eigenvalue weighted by Gasteiger charge is 2.19. The largest absolute Gasteiger partial charge is 0.461 e. The van der Waals surface area contributed by atoms with Crippen molar-refractivity contribution >= 4 is 29.3 Å². The van der Waals surface area contributed by atoms with Crippen LogP contribution in [0.4, 0.5) is 5.69 Å². The van der Waals surface area contributed by atoms with Crippen molar-refractivity contribution < 1.29 is 14.0 Å². The number of aryl methyl sites for hydroxylation is 1. The molecule has 156 valence electrons. The van der Waals surface area contributed by atoms with Gasteiger partial charge in [-0.05, 0) is 55.5 Å². The van der Waals surface area contributed by atoms with Crippen LogP contribution in [-0.4, -0.2) is 32.3 Å². The molecule has 0 aliphatic carbocycles. The molecule has 0 aliphatic heterocycles. The van der Waals surface area contributed by atoms with Gasteiger partial charge >= 0.3 is 0 Å². The lowest BCUT2D eigenvalue weighted by molar-refractivity contribution is -0.113. The van der Waals surface area contributed by atoms with Gasteiger partial charge < -0.3 is 15.5 Å². The molecular weight excluding hydrogens is 414 g/mol. The summed E-state index contributed by atoms with van der Waals surface area (Å²) in [6.45, 7) is 2.01. The van der Waals surface area contributed by atoms with Crippen molar-refractivity contribution in [2.45, 2.75) is 12.1 Å². The van der Waals surface area contributed by atoms with Gasteiger partial charge in [0.2, 0.25) is 17.6 Å². The van der Waals surface area contributed by atoms with Crippen LogP contribution in [-0.2, 0) is 4.79 Å². The summed E-state index contributed by atoms with van der Waals surface area (Å²) in [4.78, 5) is 23.6.